The minimum atomic E-state index is -0.190. The van der Waals surface area contributed by atoms with Gasteiger partial charge in [-0.3, -0.25) is 9.59 Å². The maximum atomic E-state index is 12.1. The van der Waals surface area contributed by atoms with Crippen molar-refractivity contribution in [3.05, 3.63) is 59.3 Å². The summed E-state index contributed by atoms with van der Waals surface area (Å²) in [6.45, 7) is 4.03. The highest BCUT2D eigenvalue weighted by atomic mass is 16.2. The van der Waals surface area contributed by atoms with Gasteiger partial charge in [0.05, 0.1) is 0 Å². The predicted octanol–water partition coefficient (Wildman–Crippen LogP) is 2.32. The lowest BCUT2D eigenvalue weighted by molar-refractivity contribution is -0.118. The summed E-state index contributed by atoms with van der Waals surface area (Å²) < 4.78 is 0. The largest absolute Gasteiger partial charge is 0.356 e. The van der Waals surface area contributed by atoms with Crippen LogP contribution in [0.3, 0.4) is 0 Å². The molecule has 2 N–H and O–H groups in total. The number of hydrogen-bond donors (Lipinski definition) is 2. The summed E-state index contributed by atoms with van der Waals surface area (Å²) in [5.74, 6) is 0.302. The van der Waals surface area contributed by atoms with Gasteiger partial charge in [0.1, 0.15) is 5.82 Å². The van der Waals surface area contributed by atoms with Gasteiger partial charge < -0.3 is 10.6 Å². The van der Waals surface area contributed by atoms with Gasteiger partial charge in [-0.2, -0.15) is 0 Å². The summed E-state index contributed by atoms with van der Waals surface area (Å²) in [4.78, 5) is 27.1. The molecule has 1 aromatic carbocycles. The topological polar surface area (TPSA) is 71.1 Å². The van der Waals surface area contributed by atoms with E-state index in [0.29, 0.717) is 17.9 Å². The molecule has 0 bridgehead atoms. The Kier molecular flexibility index (Phi) is 5.25. The van der Waals surface area contributed by atoms with Crippen molar-refractivity contribution in [2.45, 2.75) is 20.3 Å². The third-order valence-electron chi connectivity index (χ3n) is 3.16. The van der Waals surface area contributed by atoms with Crippen LogP contribution in [0.5, 0.6) is 0 Å². The van der Waals surface area contributed by atoms with Crippen molar-refractivity contribution in [1.82, 2.24) is 10.3 Å². The van der Waals surface area contributed by atoms with E-state index < -0.39 is 0 Å². The molecule has 0 unspecified atom stereocenters. The fraction of sp³-hybridized carbons (Fsp3) is 0.235. The lowest BCUT2D eigenvalue weighted by Gasteiger charge is -2.06. The summed E-state index contributed by atoms with van der Waals surface area (Å²) in [6.07, 6.45) is 2.45. The second-order valence-corrected chi connectivity index (χ2v) is 5.10. The van der Waals surface area contributed by atoms with Crippen molar-refractivity contribution in [2.75, 3.05) is 11.9 Å². The van der Waals surface area contributed by atoms with Crippen LogP contribution in [0.25, 0.3) is 0 Å². The molecule has 22 heavy (non-hydrogen) atoms. The highest BCUT2D eigenvalue weighted by Gasteiger charge is 2.06. The van der Waals surface area contributed by atoms with Crippen LogP contribution in [0, 0.1) is 6.92 Å². The molecule has 5 nitrogen and oxygen atoms in total. The lowest BCUT2D eigenvalue weighted by Crippen LogP contribution is -2.22. The molecular formula is C17H19N3O2. The number of hydrogen-bond acceptors (Lipinski definition) is 3. The van der Waals surface area contributed by atoms with Crippen LogP contribution in [-0.4, -0.2) is 23.3 Å². The van der Waals surface area contributed by atoms with Gasteiger partial charge in [-0.05, 0) is 42.7 Å². The van der Waals surface area contributed by atoms with Gasteiger partial charge in [0, 0.05) is 25.2 Å². The monoisotopic (exact) mass is 297 g/mol. The molecule has 1 aromatic heterocycles. The Hall–Kier alpha value is -2.69. The molecule has 2 aromatic rings. The molecule has 5 heteroatoms. The number of nitrogens with zero attached hydrogens (tertiary/aromatic N) is 1. The Morgan fingerprint density at radius 3 is 2.41 bits per heavy atom. The summed E-state index contributed by atoms with van der Waals surface area (Å²) in [7, 11) is 0. The summed E-state index contributed by atoms with van der Waals surface area (Å²) in [5.41, 5.74) is 2.69. The van der Waals surface area contributed by atoms with E-state index in [1.807, 2.05) is 25.1 Å². The SMILES string of the molecule is CC(=O)NCCc1ccc(C(=O)Nc2ccc(C)cn2)cc1. The Bertz CT molecular complexity index is 649. The molecule has 0 fully saturated rings. The lowest BCUT2D eigenvalue weighted by atomic mass is 10.1. The highest BCUT2D eigenvalue weighted by Crippen LogP contribution is 2.09. The Morgan fingerprint density at radius 2 is 1.82 bits per heavy atom. The van der Waals surface area contributed by atoms with E-state index in [9.17, 15) is 9.59 Å². The van der Waals surface area contributed by atoms with Gasteiger partial charge in [-0.15, -0.1) is 0 Å². The fourth-order valence-corrected chi connectivity index (χ4v) is 1.94. The maximum Gasteiger partial charge on any atom is 0.256 e. The molecular weight excluding hydrogens is 278 g/mol. The third-order valence-corrected chi connectivity index (χ3v) is 3.16. The predicted molar refractivity (Wildman–Crippen MR) is 85.8 cm³/mol. The van der Waals surface area contributed by atoms with Crippen molar-refractivity contribution >= 4 is 17.6 Å². The van der Waals surface area contributed by atoms with E-state index in [2.05, 4.69) is 15.6 Å². The van der Waals surface area contributed by atoms with Gasteiger partial charge in [-0.1, -0.05) is 18.2 Å². The zero-order valence-electron chi connectivity index (χ0n) is 12.7. The molecule has 0 radical (unpaired) electrons. The Labute approximate surface area is 129 Å². The van der Waals surface area contributed by atoms with Gasteiger partial charge in [0.25, 0.3) is 5.91 Å². The number of carbonyl (C=O) groups excluding carboxylic acids is 2. The van der Waals surface area contributed by atoms with Crippen molar-refractivity contribution in [3.8, 4) is 0 Å². The van der Waals surface area contributed by atoms with Gasteiger partial charge in [0.2, 0.25) is 5.91 Å². The first-order valence-corrected chi connectivity index (χ1v) is 7.12. The summed E-state index contributed by atoms with van der Waals surface area (Å²) in [6, 6.07) is 11.0. The number of rotatable bonds is 5. The number of pyridine rings is 1. The standard InChI is InChI=1S/C17H19N3O2/c1-12-3-8-16(19-11-12)20-17(22)15-6-4-14(5-7-15)9-10-18-13(2)21/h3-8,11H,9-10H2,1-2H3,(H,18,21)(H,19,20,22). The smallest absolute Gasteiger partial charge is 0.256 e. The molecule has 0 atom stereocenters. The third kappa shape index (κ3) is 4.70. The first-order chi connectivity index (χ1) is 10.5. The minimum Gasteiger partial charge on any atom is -0.356 e. The van der Waals surface area contributed by atoms with Gasteiger partial charge in [0.15, 0.2) is 0 Å². The van der Waals surface area contributed by atoms with Crippen LogP contribution in [0.1, 0.15) is 28.4 Å². The van der Waals surface area contributed by atoms with Crippen LogP contribution < -0.4 is 10.6 Å². The van der Waals surface area contributed by atoms with Crippen LogP contribution in [0.15, 0.2) is 42.6 Å². The van der Waals surface area contributed by atoms with E-state index >= 15 is 0 Å². The zero-order valence-corrected chi connectivity index (χ0v) is 12.7. The molecule has 1 heterocycles. The van der Waals surface area contributed by atoms with E-state index in [0.717, 1.165) is 17.5 Å². The molecule has 0 saturated carbocycles. The average molecular weight is 297 g/mol. The van der Waals surface area contributed by atoms with Crippen molar-refractivity contribution in [1.29, 1.82) is 0 Å². The van der Waals surface area contributed by atoms with Crippen LogP contribution in [0.4, 0.5) is 5.82 Å². The molecule has 2 amide bonds. The van der Waals surface area contributed by atoms with Crippen molar-refractivity contribution < 1.29 is 9.59 Å². The molecule has 0 spiro atoms. The average Bonchev–Trinajstić information content (AvgIpc) is 2.50. The maximum absolute atomic E-state index is 12.1. The number of anilines is 1. The number of aromatic nitrogens is 1. The van der Waals surface area contributed by atoms with E-state index in [1.165, 1.54) is 6.92 Å². The van der Waals surface area contributed by atoms with E-state index in [4.69, 9.17) is 0 Å². The number of nitrogens with one attached hydrogen (secondary N) is 2. The minimum absolute atomic E-state index is 0.0402. The van der Waals surface area contributed by atoms with E-state index in [1.54, 1.807) is 24.4 Å². The second-order valence-electron chi connectivity index (χ2n) is 5.10. The van der Waals surface area contributed by atoms with Gasteiger partial charge >= 0.3 is 0 Å². The summed E-state index contributed by atoms with van der Waals surface area (Å²) in [5, 5.41) is 5.50. The van der Waals surface area contributed by atoms with E-state index in [-0.39, 0.29) is 11.8 Å². The number of amides is 2. The van der Waals surface area contributed by atoms with Crippen LogP contribution >= 0.6 is 0 Å². The highest BCUT2D eigenvalue weighted by molar-refractivity contribution is 6.03. The molecule has 0 saturated heterocycles. The Balaban J connectivity index is 1.93. The number of carbonyl (C=O) groups is 2. The second kappa shape index (κ2) is 7.36. The fourth-order valence-electron chi connectivity index (χ4n) is 1.94. The number of aryl methyl sites for hydroxylation is 1. The van der Waals surface area contributed by atoms with Crippen molar-refractivity contribution in [2.24, 2.45) is 0 Å². The first-order valence-electron chi connectivity index (χ1n) is 7.12. The quantitative estimate of drug-likeness (QED) is 0.889. The van der Waals surface area contributed by atoms with Crippen LogP contribution in [0.2, 0.25) is 0 Å². The molecule has 0 aliphatic carbocycles. The number of benzene rings is 1. The zero-order chi connectivity index (χ0) is 15.9. The van der Waals surface area contributed by atoms with Gasteiger partial charge in [-0.25, -0.2) is 4.98 Å². The first kappa shape index (κ1) is 15.7. The van der Waals surface area contributed by atoms with Crippen molar-refractivity contribution in [3.63, 3.8) is 0 Å². The molecule has 114 valence electrons. The Morgan fingerprint density at radius 1 is 1.09 bits per heavy atom. The van der Waals surface area contributed by atoms with Crippen LogP contribution in [-0.2, 0) is 11.2 Å². The normalized spacial score (nSPS) is 10.1. The molecule has 2 rings (SSSR count). The molecule has 0 aliphatic rings. The molecule has 0 aliphatic heterocycles. The summed E-state index contributed by atoms with van der Waals surface area (Å²) >= 11 is 0.